The zero-order valence-electron chi connectivity index (χ0n) is 11.6. The molecule has 0 amide bonds. The second-order valence-electron chi connectivity index (χ2n) is 3.65. The van der Waals surface area contributed by atoms with Crippen LogP contribution in [0.4, 0.5) is 4.39 Å². The minimum Gasteiger partial charge on any atom is -1.00 e. The van der Waals surface area contributed by atoms with Crippen LogP contribution in [0, 0.1) is 5.82 Å². The molecule has 0 atom stereocenters. The highest BCUT2D eigenvalue weighted by Gasteiger charge is 2.44. The Balaban J connectivity index is 0.00000324. The van der Waals surface area contributed by atoms with E-state index in [1.165, 1.54) is 12.1 Å². The summed E-state index contributed by atoms with van der Waals surface area (Å²) in [5.41, 5.74) is 0.832. The molecule has 3 nitrogen and oxygen atoms in total. The maximum atomic E-state index is 13.2. The molecule has 0 unspecified atom stereocenters. The number of benzene rings is 1. The van der Waals surface area contributed by atoms with Crippen molar-refractivity contribution in [2.75, 3.05) is 19.8 Å². The summed E-state index contributed by atoms with van der Waals surface area (Å²) >= 11 is 0. The number of halogens is 2. The highest BCUT2D eigenvalue weighted by molar-refractivity contribution is 7.60. The molecule has 0 fully saturated rings. The first kappa shape index (κ1) is 18.9. The van der Waals surface area contributed by atoms with Crippen molar-refractivity contribution in [3.8, 4) is 0 Å². The minimum absolute atomic E-state index is 0. The SMILES string of the molecule is CCO[P+](Cc1cccc(F)c1)(OCC)OCC.[Br-]. The first-order valence-corrected chi connectivity index (χ1v) is 7.94. The second kappa shape index (κ2) is 9.78. The van der Waals surface area contributed by atoms with Gasteiger partial charge in [0.05, 0.1) is 19.8 Å². The van der Waals surface area contributed by atoms with E-state index in [1.54, 1.807) is 6.07 Å². The summed E-state index contributed by atoms with van der Waals surface area (Å²) in [5.74, 6) is -0.255. The standard InChI is InChI=1S/C13H21FO3P.BrH/c1-4-15-18(16-5-2,17-6-3)11-12-8-7-9-13(14)10-12;/h7-10H,4-6,11H2,1-3H3;1H/q+1;/p-1. The maximum Gasteiger partial charge on any atom is 0.416 e. The fraction of sp³-hybridized carbons (Fsp3) is 0.538. The van der Waals surface area contributed by atoms with E-state index in [2.05, 4.69) is 0 Å². The Bertz CT molecular complexity index is 348. The predicted molar refractivity (Wildman–Crippen MR) is 71.9 cm³/mol. The second-order valence-corrected chi connectivity index (χ2v) is 5.96. The average Bonchev–Trinajstić information content (AvgIpc) is 2.30. The molecule has 0 spiro atoms. The van der Waals surface area contributed by atoms with E-state index in [9.17, 15) is 4.39 Å². The molecule has 0 aliphatic carbocycles. The molecule has 0 radical (unpaired) electrons. The van der Waals surface area contributed by atoms with E-state index in [4.69, 9.17) is 13.6 Å². The van der Waals surface area contributed by atoms with E-state index in [0.717, 1.165) is 5.56 Å². The van der Waals surface area contributed by atoms with E-state index in [1.807, 2.05) is 26.8 Å². The molecule has 110 valence electrons. The maximum absolute atomic E-state index is 13.2. The lowest BCUT2D eigenvalue weighted by atomic mass is 10.2. The van der Waals surface area contributed by atoms with Gasteiger partial charge in [-0.2, -0.15) is 13.6 Å². The smallest absolute Gasteiger partial charge is 0.416 e. The molecule has 0 N–H and O–H groups in total. The van der Waals surface area contributed by atoms with Crippen LogP contribution >= 0.6 is 7.94 Å². The van der Waals surface area contributed by atoms with Gasteiger partial charge in [0.1, 0.15) is 5.82 Å². The van der Waals surface area contributed by atoms with Gasteiger partial charge in [0.25, 0.3) is 0 Å². The number of rotatable bonds is 8. The lowest BCUT2D eigenvalue weighted by molar-refractivity contribution is -0.0000104. The highest BCUT2D eigenvalue weighted by Crippen LogP contribution is 2.64. The summed E-state index contributed by atoms with van der Waals surface area (Å²) in [5, 5.41) is 0. The van der Waals surface area contributed by atoms with Crippen LogP contribution in [0.15, 0.2) is 24.3 Å². The molecule has 0 saturated carbocycles. The quantitative estimate of drug-likeness (QED) is 0.656. The molecule has 19 heavy (non-hydrogen) atoms. The van der Waals surface area contributed by atoms with Crippen LogP contribution in [0.1, 0.15) is 26.3 Å². The van der Waals surface area contributed by atoms with Gasteiger partial charge >= 0.3 is 7.94 Å². The van der Waals surface area contributed by atoms with Crippen molar-refractivity contribution >= 4 is 7.94 Å². The van der Waals surface area contributed by atoms with E-state index < -0.39 is 7.94 Å². The lowest BCUT2D eigenvalue weighted by Crippen LogP contribution is -3.00. The van der Waals surface area contributed by atoms with Gasteiger partial charge in [-0.15, -0.1) is 0 Å². The molecule has 0 aromatic heterocycles. The van der Waals surface area contributed by atoms with Crippen LogP contribution in [0.3, 0.4) is 0 Å². The van der Waals surface area contributed by atoms with Crippen LogP contribution in [0.2, 0.25) is 0 Å². The van der Waals surface area contributed by atoms with Gasteiger partial charge < -0.3 is 17.0 Å². The van der Waals surface area contributed by atoms with Crippen molar-refractivity contribution in [1.29, 1.82) is 0 Å². The fourth-order valence-electron chi connectivity index (χ4n) is 1.70. The van der Waals surface area contributed by atoms with Crippen LogP contribution < -0.4 is 17.0 Å². The normalized spacial score (nSPS) is 11.2. The summed E-state index contributed by atoms with van der Waals surface area (Å²) in [6, 6.07) is 6.45. The van der Waals surface area contributed by atoms with E-state index in [-0.39, 0.29) is 22.8 Å². The molecule has 1 rings (SSSR count). The van der Waals surface area contributed by atoms with Gasteiger partial charge in [0.15, 0.2) is 6.16 Å². The summed E-state index contributed by atoms with van der Waals surface area (Å²) in [7, 11) is -2.40. The molecular weight excluding hydrogens is 334 g/mol. The third kappa shape index (κ3) is 6.28. The molecule has 0 saturated heterocycles. The van der Waals surface area contributed by atoms with Gasteiger partial charge in [-0.3, -0.25) is 0 Å². The first-order valence-electron chi connectivity index (χ1n) is 6.22. The molecule has 0 aliphatic heterocycles. The molecular formula is C13H21BrFO3P. The van der Waals surface area contributed by atoms with E-state index >= 15 is 0 Å². The largest absolute Gasteiger partial charge is 1.00 e. The summed E-state index contributed by atoms with van der Waals surface area (Å²) < 4.78 is 30.3. The zero-order valence-corrected chi connectivity index (χ0v) is 14.0. The molecule has 1 aromatic carbocycles. The van der Waals surface area contributed by atoms with Crippen LogP contribution in [-0.2, 0) is 19.7 Å². The van der Waals surface area contributed by atoms with Crippen LogP contribution in [0.5, 0.6) is 0 Å². The Morgan fingerprint density at radius 1 is 1.00 bits per heavy atom. The Morgan fingerprint density at radius 2 is 1.53 bits per heavy atom. The van der Waals surface area contributed by atoms with Crippen molar-refractivity contribution in [3.63, 3.8) is 0 Å². The van der Waals surface area contributed by atoms with Gasteiger partial charge in [0.2, 0.25) is 0 Å². The van der Waals surface area contributed by atoms with Crippen molar-refractivity contribution in [1.82, 2.24) is 0 Å². The topological polar surface area (TPSA) is 27.7 Å². The summed E-state index contributed by atoms with van der Waals surface area (Å²) in [6.07, 6.45) is 0.473. The van der Waals surface area contributed by atoms with Gasteiger partial charge in [-0.1, -0.05) is 12.1 Å². The number of hydrogen-bond donors (Lipinski definition) is 0. The van der Waals surface area contributed by atoms with Crippen molar-refractivity contribution in [2.24, 2.45) is 0 Å². The zero-order chi connectivity index (χ0) is 13.4. The van der Waals surface area contributed by atoms with Crippen LogP contribution in [0.25, 0.3) is 0 Å². The fourth-order valence-corrected chi connectivity index (χ4v) is 4.02. The first-order chi connectivity index (χ1) is 8.65. The average molecular weight is 355 g/mol. The Kier molecular flexibility index (Phi) is 9.75. The Hall–Kier alpha value is -0.0600. The molecule has 6 heteroatoms. The molecule has 1 aromatic rings. The van der Waals surface area contributed by atoms with Crippen molar-refractivity contribution in [2.45, 2.75) is 26.9 Å². The summed E-state index contributed by atoms with van der Waals surface area (Å²) in [4.78, 5) is 0. The molecule has 0 bridgehead atoms. The highest BCUT2D eigenvalue weighted by atomic mass is 79.9. The van der Waals surface area contributed by atoms with Gasteiger partial charge in [0, 0.05) is 0 Å². The third-order valence-electron chi connectivity index (χ3n) is 2.24. The van der Waals surface area contributed by atoms with Gasteiger partial charge in [-0.25, -0.2) is 4.39 Å². The monoisotopic (exact) mass is 354 g/mol. The third-order valence-corrected chi connectivity index (χ3v) is 4.95. The lowest BCUT2D eigenvalue weighted by Gasteiger charge is -2.20. The minimum atomic E-state index is -2.40. The molecule has 0 heterocycles. The van der Waals surface area contributed by atoms with E-state index in [0.29, 0.717) is 26.0 Å². The summed E-state index contributed by atoms with van der Waals surface area (Å²) in [6.45, 7) is 7.25. The number of hydrogen-bond acceptors (Lipinski definition) is 3. The predicted octanol–water partition coefficient (Wildman–Crippen LogP) is 1.20. The van der Waals surface area contributed by atoms with Crippen molar-refractivity contribution < 1.29 is 34.9 Å². The van der Waals surface area contributed by atoms with Crippen LogP contribution in [-0.4, -0.2) is 19.8 Å². The van der Waals surface area contributed by atoms with Gasteiger partial charge in [-0.05, 0) is 38.5 Å². The molecule has 0 aliphatic rings. The Labute approximate surface area is 125 Å². The Morgan fingerprint density at radius 3 is 1.95 bits per heavy atom. The van der Waals surface area contributed by atoms with Crippen molar-refractivity contribution in [3.05, 3.63) is 35.6 Å².